The normalized spacial score (nSPS) is 16.9. The second-order valence-electron chi connectivity index (χ2n) is 4.39. The van der Waals surface area contributed by atoms with E-state index >= 15 is 0 Å². The minimum Gasteiger partial charge on any atom is -0.480 e. The van der Waals surface area contributed by atoms with E-state index in [9.17, 15) is 18.0 Å². The van der Waals surface area contributed by atoms with Crippen molar-refractivity contribution in [1.29, 1.82) is 0 Å². The van der Waals surface area contributed by atoms with Gasteiger partial charge in [0, 0.05) is 0 Å². The summed E-state index contributed by atoms with van der Waals surface area (Å²) in [5.74, 6) is -1.66. The van der Waals surface area contributed by atoms with Gasteiger partial charge < -0.3 is 10.8 Å². The van der Waals surface area contributed by atoms with Crippen LogP contribution >= 0.6 is 0 Å². The molecule has 3 nitrogen and oxygen atoms in total. The topological polar surface area (TPSA) is 63.3 Å². The first-order chi connectivity index (χ1) is 8.18. The number of benzene rings is 1. The van der Waals surface area contributed by atoms with E-state index in [1.165, 1.54) is 12.1 Å². The summed E-state index contributed by atoms with van der Waals surface area (Å²) in [6.07, 6.45) is -5.16. The minimum absolute atomic E-state index is 0.397. The van der Waals surface area contributed by atoms with E-state index in [0.717, 1.165) is 6.92 Å². The summed E-state index contributed by atoms with van der Waals surface area (Å²) >= 11 is 0. The smallest absolute Gasteiger partial charge is 0.396 e. The number of rotatable bonds is 4. The van der Waals surface area contributed by atoms with Gasteiger partial charge in [0.05, 0.1) is 5.41 Å². The fourth-order valence-corrected chi connectivity index (χ4v) is 1.68. The fourth-order valence-electron chi connectivity index (χ4n) is 1.68. The molecule has 1 rings (SSSR count). The minimum atomic E-state index is -4.69. The maximum absolute atomic E-state index is 13.1. The van der Waals surface area contributed by atoms with Gasteiger partial charge in [0.15, 0.2) is 0 Å². The lowest BCUT2D eigenvalue weighted by atomic mass is 9.76. The van der Waals surface area contributed by atoms with Crippen LogP contribution in [0.25, 0.3) is 0 Å². The van der Waals surface area contributed by atoms with Crippen LogP contribution in [0.15, 0.2) is 30.3 Å². The van der Waals surface area contributed by atoms with Gasteiger partial charge in [-0.05, 0) is 18.9 Å². The third-order valence-electron chi connectivity index (χ3n) is 3.01. The van der Waals surface area contributed by atoms with Crippen LogP contribution in [-0.4, -0.2) is 23.3 Å². The van der Waals surface area contributed by atoms with Crippen LogP contribution in [-0.2, 0) is 11.2 Å². The van der Waals surface area contributed by atoms with Crippen LogP contribution in [0, 0.1) is 5.41 Å². The van der Waals surface area contributed by atoms with Crippen molar-refractivity contribution in [3.05, 3.63) is 35.9 Å². The van der Waals surface area contributed by atoms with Crippen molar-refractivity contribution in [3.8, 4) is 0 Å². The summed E-state index contributed by atoms with van der Waals surface area (Å²) in [7, 11) is 0. The van der Waals surface area contributed by atoms with Crippen LogP contribution in [0.3, 0.4) is 0 Å². The zero-order valence-electron chi connectivity index (χ0n) is 9.74. The Kier molecular flexibility index (Phi) is 4.01. The highest BCUT2D eigenvalue weighted by molar-refractivity contribution is 5.74. The molecule has 1 aromatic carbocycles. The third kappa shape index (κ3) is 2.81. The molecule has 0 bridgehead atoms. The van der Waals surface area contributed by atoms with Crippen molar-refractivity contribution in [2.75, 3.05) is 0 Å². The summed E-state index contributed by atoms with van der Waals surface area (Å²) in [5.41, 5.74) is 3.11. The zero-order valence-corrected chi connectivity index (χ0v) is 9.74. The second-order valence-corrected chi connectivity index (χ2v) is 4.39. The molecule has 0 aromatic heterocycles. The first-order valence-corrected chi connectivity index (χ1v) is 5.27. The molecule has 0 aliphatic rings. The first kappa shape index (κ1) is 14.5. The predicted octanol–water partition coefficient (Wildman–Crippen LogP) is 2.21. The Bertz CT molecular complexity index is 419. The molecule has 6 heteroatoms. The van der Waals surface area contributed by atoms with Crippen molar-refractivity contribution in [1.82, 2.24) is 0 Å². The Morgan fingerprint density at radius 3 is 2.22 bits per heavy atom. The van der Waals surface area contributed by atoms with Crippen LogP contribution in [0.5, 0.6) is 0 Å². The SMILES string of the molecule is CC(Cc1ccccc1)([C@H](N)C(=O)O)C(F)(F)F. The Morgan fingerprint density at radius 2 is 1.83 bits per heavy atom. The molecule has 0 saturated carbocycles. The maximum Gasteiger partial charge on any atom is 0.396 e. The van der Waals surface area contributed by atoms with E-state index in [0.29, 0.717) is 5.56 Å². The van der Waals surface area contributed by atoms with Crippen molar-refractivity contribution in [2.24, 2.45) is 11.1 Å². The highest BCUT2D eigenvalue weighted by Gasteiger charge is 2.57. The van der Waals surface area contributed by atoms with Crippen LogP contribution < -0.4 is 5.73 Å². The average molecular weight is 261 g/mol. The Hall–Kier alpha value is -1.56. The van der Waals surface area contributed by atoms with Gasteiger partial charge in [-0.15, -0.1) is 0 Å². The molecule has 18 heavy (non-hydrogen) atoms. The molecule has 0 amide bonds. The molecule has 3 N–H and O–H groups in total. The largest absolute Gasteiger partial charge is 0.480 e. The molecule has 0 aliphatic heterocycles. The number of alkyl halides is 3. The molecule has 1 unspecified atom stereocenters. The van der Waals surface area contributed by atoms with Gasteiger partial charge in [0.25, 0.3) is 0 Å². The number of hydrogen-bond donors (Lipinski definition) is 2. The number of halogens is 3. The lowest BCUT2D eigenvalue weighted by molar-refractivity contribution is -0.227. The zero-order chi connectivity index (χ0) is 14.0. The molecule has 0 saturated heterocycles. The standard InChI is InChI=1S/C12H14F3NO2/c1-11(12(13,14)15,9(16)10(17)18)7-8-5-3-2-4-6-8/h2-6,9H,7,16H2,1H3,(H,17,18)/t9-,11?/m1/s1. The Labute approximate surface area is 102 Å². The first-order valence-electron chi connectivity index (χ1n) is 5.27. The summed E-state index contributed by atoms with van der Waals surface area (Å²) in [6, 6.07) is 5.89. The van der Waals surface area contributed by atoms with Crippen LogP contribution in [0.2, 0.25) is 0 Å². The molecule has 0 heterocycles. The summed E-state index contributed by atoms with van der Waals surface area (Å²) in [4.78, 5) is 10.8. The number of carboxylic acid groups (broad SMARTS) is 1. The van der Waals surface area contributed by atoms with Gasteiger partial charge in [-0.25, -0.2) is 0 Å². The monoisotopic (exact) mass is 261 g/mol. The summed E-state index contributed by atoms with van der Waals surface area (Å²) in [5, 5.41) is 8.73. The van der Waals surface area contributed by atoms with Gasteiger partial charge in [0.1, 0.15) is 6.04 Å². The molecule has 0 fully saturated rings. The molecular weight excluding hydrogens is 247 g/mol. The van der Waals surface area contributed by atoms with Crippen LogP contribution in [0.4, 0.5) is 13.2 Å². The number of carboxylic acids is 1. The molecule has 0 aliphatic carbocycles. The Balaban J connectivity index is 3.11. The van der Waals surface area contributed by atoms with E-state index < -0.39 is 30.0 Å². The molecular formula is C12H14F3NO2. The molecule has 2 atom stereocenters. The highest BCUT2D eigenvalue weighted by Crippen LogP contribution is 2.42. The van der Waals surface area contributed by atoms with Crippen molar-refractivity contribution in [3.63, 3.8) is 0 Å². The van der Waals surface area contributed by atoms with E-state index in [2.05, 4.69) is 0 Å². The van der Waals surface area contributed by atoms with Gasteiger partial charge in [-0.1, -0.05) is 30.3 Å². The van der Waals surface area contributed by atoms with Crippen molar-refractivity contribution >= 4 is 5.97 Å². The van der Waals surface area contributed by atoms with E-state index in [-0.39, 0.29) is 0 Å². The number of carbonyl (C=O) groups is 1. The summed E-state index contributed by atoms with van der Waals surface area (Å²) in [6.45, 7) is 0.832. The highest BCUT2D eigenvalue weighted by atomic mass is 19.4. The third-order valence-corrected chi connectivity index (χ3v) is 3.01. The average Bonchev–Trinajstić information content (AvgIpc) is 2.27. The molecule has 0 radical (unpaired) electrons. The maximum atomic E-state index is 13.1. The quantitative estimate of drug-likeness (QED) is 0.873. The number of hydrogen-bond acceptors (Lipinski definition) is 2. The van der Waals surface area contributed by atoms with Gasteiger partial charge >= 0.3 is 12.1 Å². The van der Waals surface area contributed by atoms with Crippen molar-refractivity contribution < 1.29 is 23.1 Å². The summed E-state index contributed by atoms with van der Waals surface area (Å²) < 4.78 is 39.2. The van der Waals surface area contributed by atoms with Gasteiger partial charge in [-0.2, -0.15) is 13.2 Å². The predicted molar refractivity (Wildman–Crippen MR) is 59.9 cm³/mol. The molecule has 0 spiro atoms. The van der Waals surface area contributed by atoms with Gasteiger partial charge in [-0.3, -0.25) is 4.79 Å². The second kappa shape index (κ2) is 4.97. The fraction of sp³-hybridized carbons (Fsp3) is 0.417. The lowest BCUT2D eigenvalue weighted by Crippen LogP contribution is -2.55. The van der Waals surface area contributed by atoms with Crippen LogP contribution in [0.1, 0.15) is 12.5 Å². The van der Waals surface area contributed by atoms with E-state index in [1.807, 2.05) is 0 Å². The number of aliphatic carboxylic acids is 1. The molecule has 100 valence electrons. The van der Waals surface area contributed by atoms with Gasteiger partial charge in [0.2, 0.25) is 0 Å². The Morgan fingerprint density at radius 1 is 1.33 bits per heavy atom. The van der Waals surface area contributed by atoms with Crippen molar-refractivity contribution in [2.45, 2.75) is 25.6 Å². The lowest BCUT2D eigenvalue weighted by Gasteiger charge is -2.35. The van der Waals surface area contributed by atoms with E-state index in [1.54, 1.807) is 18.2 Å². The molecule has 1 aromatic rings. The van der Waals surface area contributed by atoms with E-state index in [4.69, 9.17) is 10.8 Å². The number of nitrogens with two attached hydrogens (primary N) is 1.